The Labute approximate surface area is 196 Å². The molecule has 0 aliphatic carbocycles. The Hall–Kier alpha value is -1.57. The predicted octanol–water partition coefficient (Wildman–Crippen LogP) is 6.90. The van der Waals surface area contributed by atoms with Crippen LogP contribution in [0, 0.1) is 19.9 Å². The fraction of sp³-hybridized carbons (Fsp3) is 0.400. The molecular formula is C25H30ClN3Pt. The first-order valence-electron chi connectivity index (χ1n) is 9.93. The van der Waals surface area contributed by atoms with Crippen LogP contribution in [0.4, 0.5) is 0 Å². The van der Waals surface area contributed by atoms with E-state index in [0.717, 1.165) is 33.9 Å². The van der Waals surface area contributed by atoms with Crippen LogP contribution in [0.3, 0.4) is 0 Å². The van der Waals surface area contributed by atoms with Crippen LogP contribution in [0.15, 0.2) is 36.7 Å². The maximum atomic E-state index is 4.80. The quantitative estimate of drug-likeness (QED) is 0.300. The molecule has 0 spiro atoms. The number of hydrogen-bond donors (Lipinski definition) is 0. The number of halogens is 1. The maximum absolute atomic E-state index is 4.80. The zero-order valence-electron chi connectivity index (χ0n) is 19.0. The fourth-order valence-electron chi connectivity index (χ4n) is 3.24. The van der Waals surface area contributed by atoms with Gasteiger partial charge in [-0.3, -0.25) is 9.97 Å². The normalized spacial score (nSPS) is 11.7. The van der Waals surface area contributed by atoms with E-state index in [4.69, 9.17) is 4.98 Å². The van der Waals surface area contributed by atoms with Gasteiger partial charge in [0, 0.05) is 23.8 Å². The molecular weight excluding hydrogens is 573 g/mol. The van der Waals surface area contributed by atoms with Gasteiger partial charge in [0.2, 0.25) is 0 Å². The summed E-state index contributed by atoms with van der Waals surface area (Å²) in [4.78, 5) is 14.0. The Kier molecular flexibility index (Phi) is 7.99. The second-order valence-corrected chi connectivity index (χ2v) is 9.52. The average molecular weight is 603 g/mol. The van der Waals surface area contributed by atoms with Crippen LogP contribution in [-0.4, -0.2) is 15.0 Å². The Balaban J connectivity index is 0.00000155. The standard InChI is InChI=1S/C25H30N3.ClH.Pt/c1-16-20(22-13-18(9-11-26-22)24(3,4)5)15-21(17(2)28-16)23-14-19(10-12-27-23)25(6,7)8;;/h9-14H,1-8H3;1H;/q-1;;+2/p-1. The summed E-state index contributed by atoms with van der Waals surface area (Å²) >= 11 is 1.61. The third kappa shape index (κ3) is 5.77. The molecule has 0 unspecified atom stereocenters. The van der Waals surface area contributed by atoms with Crippen LogP contribution in [0.25, 0.3) is 22.5 Å². The van der Waals surface area contributed by atoms with Crippen LogP contribution >= 0.6 is 9.42 Å². The molecule has 0 bridgehead atoms. The summed E-state index contributed by atoms with van der Waals surface area (Å²) in [5.74, 6) is 0. The zero-order valence-corrected chi connectivity index (χ0v) is 22.0. The molecule has 3 aromatic rings. The molecule has 0 fully saturated rings. The van der Waals surface area contributed by atoms with E-state index in [0.29, 0.717) is 0 Å². The van der Waals surface area contributed by atoms with Crippen molar-refractivity contribution in [2.24, 2.45) is 0 Å². The molecule has 0 radical (unpaired) electrons. The first-order chi connectivity index (χ1) is 14.0. The number of nitrogens with zero attached hydrogens (tertiary/aromatic N) is 3. The van der Waals surface area contributed by atoms with Crippen molar-refractivity contribution in [3.05, 3.63) is 65.2 Å². The van der Waals surface area contributed by atoms with E-state index in [1.165, 1.54) is 11.1 Å². The van der Waals surface area contributed by atoms with Gasteiger partial charge in [0.1, 0.15) is 0 Å². The summed E-state index contributed by atoms with van der Waals surface area (Å²) in [6.07, 6.45) is 3.75. The summed E-state index contributed by atoms with van der Waals surface area (Å²) < 4.78 is 0. The molecule has 0 saturated carbocycles. The minimum atomic E-state index is 0.0646. The molecule has 3 rings (SSSR count). The number of aryl methyl sites for hydroxylation is 2. The SMILES string of the molecule is Cc1nc(C)c(-c2cc(C(C)(C)C)ccn2)[c-]c1-c1cc(C(C)(C)C)ccn1.[Cl][Pt+]. The van der Waals surface area contributed by atoms with Crippen LogP contribution in [-0.2, 0) is 29.6 Å². The van der Waals surface area contributed by atoms with E-state index in [1.54, 1.807) is 18.8 Å². The summed E-state index contributed by atoms with van der Waals surface area (Å²) in [5.41, 5.74) is 8.20. The third-order valence-electron chi connectivity index (χ3n) is 5.07. The number of hydrogen-bond acceptors (Lipinski definition) is 3. The molecule has 30 heavy (non-hydrogen) atoms. The molecule has 0 saturated heterocycles. The van der Waals surface area contributed by atoms with Crippen LogP contribution in [0.5, 0.6) is 0 Å². The molecule has 3 aromatic heterocycles. The van der Waals surface area contributed by atoms with Crippen molar-refractivity contribution in [1.29, 1.82) is 0 Å². The van der Waals surface area contributed by atoms with E-state index in [2.05, 4.69) is 91.3 Å². The van der Waals surface area contributed by atoms with E-state index in [9.17, 15) is 0 Å². The van der Waals surface area contributed by atoms with Gasteiger partial charge in [-0.25, -0.2) is 0 Å². The number of aromatic nitrogens is 3. The van der Waals surface area contributed by atoms with Gasteiger partial charge in [-0.1, -0.05) is 78.6 Å². The van der Waals surface area contributed by atoms with E-state index >= 15 is 0 Å². The summed E-state index contributed by atoms with van der Waals surface area (Å²) in [5, 5.41) is 0. The van der Waals surface area contributed by atoms with Crippen molar-refractivity contribution in [3.8, 4) is 22.5 Å². The van der Waals surface area contributed by atoms with Crippen molar-refractivity contribution < 1.29 is 18.8 Å². The minimum absolute atomic E-state index is 0.0646. The topological polar surface area (TPSA) is 38.7 Å². The number of pyridine rings is 3. The number of rotatable bonds is 2. The molecule has 0 N–H and O–H groups in total. The Morgan fingerprint density at radius 2 is 1.10 bits per heavy atom. The molecule has 0 atom stereocenters. The molecule has 162 valence electrons. The monoisotopic (exact) mass is 602 g/mol. The van der Waals surface area contributed by atoms with Crippen LogP contribution in [0.2, 0.25) is 0 Å². The summed E-state index contributed by atoms with van der Waals surface area (Å²) in [6, 6.07) is 12.0. The van der Waals surface area contributed by atoms with Crippen molar-refractivity contribution in [2.75, 3.05) is 0 Å². The predicted molar refractivity (Wildman–Crippen MR) is 122 cm³/mol. The fourth-order valence-corrected chi connectivity index (χ4v) is 3.24. The van der Waals surface area contributed by atoms with Crippen LogP contribution < -0.4 is 0 Å². The van der Waals surface area contributed by atoms with Gasteiger partial charge in [0.05, 0.1) is 0 Å². The van der Waals surface area contributed by atoms with Crippen molar-refractivity contribution in [3.63, 3.8) is 0 Å². The first kappa shape index (κ1) is 24.7. The molecule has 0 aromatic carbocycles. The van der Waals surface area contributed by atoms with E-state index in [-0.39, 0.29) is 10.8 Å². The molecule has 0 aliphatic rings. The molecule has 5 heteroatoms. The Bertz CT molecular complexity index is 939. The molecule has 0 amide bonds. The first-order valence-corrected chi connectivity index (χ1v) is 12.7. The van der Waals surface area contributed by atoms with E-state index < -0.39 is 0 Å². The second kappa shape index (κ2) is 9.71. The molecule has 3 nitrogen and oxygen atoms in total. The third-order valence-corrected chi connectivity index (χ3v) is 5.07. The van der Waals surface area contributed by atoms with Crippen molar-refractivity contribution >= 4 is 9.42 Å². The van der Waals surface area contributed by atoms with Gasteiger partial charge in [-0.15, -0.1) is 6.07 Å². The summed E-state index contributed by atoms with van der Waals surface area (Å²) in [7, 11) is 4.61. The molecule has 0 aliphatic heterocycles. The molecule has 3 heterocycles. The van der Waals surface area contributed by atoms with Gasteiger partial charge in [0.15, 0.2) is 0 Å². The van der Waals surface area contributed by atoms with Gasteiger partial charge < -0.3 is 4.98 Å². The van der Waals surface area contributed by atoms with Gasteiger partial charge in [-0.05, 0) is 45.5 Å². The van der Waals surface area contributed by atoms with Crippen molar-refractivity contribution in [2.45, 2.75) is 66.2 Å². The van der Waals surface area contributed by atoms with Gasteiger partial charge >= 0.3 is 28.2 Å². The zero-order chi connectivity index (χ0) is 22.7. The van der Waals surface area contributed by atoms with E-state index in [1.807, 2.05) is 26.2 Å². The Morgan fingerprint density at radius 3 is 1.43 bits per heavy atom. The van der Waals surface area contributed by atoms with Crippen LogP contribution in [0.1, 0.15) is 64.1 Å². The van der Waals surface area contributed by atoms with Gasteiger partial charge in [-0.2, -0.15) is 0 Å². The van der Waals surface area contributed by atoms with Crippen molar-refractivity contribution in [1.82, 2.24) is 15.0 Å². The van der Waals surface area contributed by atoms with Gasteiger partial charge in [0.25, 0.3) is 0 Å². The average Bonchev–Trinajstić information content (AvgIpc) is 2.68. The second-order valence-electron chi connectivity index (χ2n) is 9.52. The Morgan fingerprint density at radius 1 is 0.733 bits per heavy atom. The summed E-state index contributed by atoms with van der Waals surface area (Å²) in [6.45, 7) is 17.3.